The number of amides is 1. The second-order valence-electron chi connectivity index (χ2n) is 7.88. The molecule has 0 spiro atoms. The molecule has 1 fully saturated rings. The van der Waals surface area contributed by atoms with Crippen molar-refractivity contribution in [2.75, 3.05) is 26.2 Å². The number of aryl methyl sites for hydroxylation is 1. The maximum Gasteiger partial charge on any atom is 0.417 e. The number of carbonyl (C=O) groups is 1. The van der Waals surface area contributed by atoms with E-state index in [4.69, 9.17) is 4.42 Å². The molecule has 0 aliphatic carbocycles. The van der Waals surface area contributed by atoms with Gasteiger partial charge < -0.3 is 9.32 Å². The van der Waals surface area contributed by atoms with Gasteiger partial charge in [-0.2, -0.15) is 18.3 Å². The lowest BCUT2D eigenvalue weighted by molar-refractivity contribution is -0.137. The number of halogens is 3. The first-order valence-electron chi connectivity index (χ1n) is 10.3. The van der Waals surface area contributed by atoms with Gasteiger partial charge in [-0.1, -0.05) is 0 Å². The summed E-state index contributed by atoms with van der Waals surface area (Å²) in [7, 11) is 0. The molecule has 0 aromatic carbocycles. The van der Waals surface area contributed by atoms with Crippen LogP contribution in [0.25, 0.3) is 5.82 Å². The van der Waals surface area contributed by atoms with Gasteiger partial charge in [0.25, 0.3) is 0 Å². The number of pyridine rings is 1. The molecule has 0 bridgehead atoms. The molecule has 1 aliphatic rings. The molecule has 0 radical (unpaired) electrons. The minimum Gasteiger partial charge on any atom is -0.468 e. The fraction of sp³-hybridized carbons (Fsp3) is 0.409. The highest BCUT2D eigenvalue weighted by Gasteiger charge is 2.31. The second kappa shape index (κ2) is 8.78. The number of piperazine rings is 1. The van der Waals surface area contributed by atoms with Crippen molar-refractivity contribution in [3.63, 3.8) is 0 Å². The van der Waals surface area contributed by atoms with Crippen LogP contribution in [0.15, 0.2) is 41.1 Å². The molecule has 10 heteroatoms. The molecular weight excluding hydrogens is 423 g/mol. The summed E-state index contributed by atoms with van der Waals surface area (Å²) in [5.41, 5.74) is 1.31. The van der Waals surface area contributed by atoms with Crippen LogP contribution in [-0.2, 0) is 23.9 Å². The van der Waals surface area contributed by atoms with Crippen molar-refractivity contribution < 1.29 is 22.4 Å². The predicted octanol–water partition coefficient (Wildman–Crippen LogP) is 3.38. The van der Waals surface area contributed by atoms with Crippen LogP contribution in [0, 0.1) is 13.8 Å². The fourth-order valence-electron chi connectivity index (χ4n) is 3.87. The zero-order chi connectivity index (χ0) is 22.9. The van der Waals surface area contributed by atoms with Gasteiger partial charge in [-0.25, -0.2) is 9.67 Å². The van der Waals surface area contributed by atoms with Crippen LogP contribution in [0.3, 0.4) is 0 Å². The van der Waals surface area contributed by atoms with Gasteiger partial charge in [-0.3, -0.25) is 9.69 Å². The molecule has 0 atom stereocenters. The van der Waals surface area contributed by atoms with Crippen molar-refractivity contribution in [3.05, 3.63) is 65.0 Å². The fourth-order valence-corrected chi connectivity index (χ4v) is 3.87. The van der Waals surface area contributed by atoms with E-state index in [2.05, 4.69) is 15.0 Å². The number of hydrogen-bond donors (Lipinski definition) is 0. The van der Waals surface area contributed by atoms with Gasteiger partial charge >= 0.3 is 6.18 Å². The van der Waals surface area contributed by atoms with E-state index in [0.29, 0.717) is 24.5 Å². The molecular formula is C22H24F3N5O2. The van der Waals surface area contributed by atoms with Crippen LogP contribution < -0.4 is 0 Å². The lowest BCUT2D eigenvalue weighted by atomic mass is 10.1. The monoisotopic (exact) mass is 447 g/mol. The zero-order valence-corrected chi connectivity index (χ0v) is 17.9. The zero-order valence-electron chi connectivity index (χ0n) is 17.9. The predicted molar refractivity (Wildman–Crippen MR) is 110 cm³/mol. The third-order valence-electron chi connectivity index (χ3n) is 5.75. The Hall–Kier alpha value is -3.14. The van der Waals surface area contributed by atoms with Crippen molar-refractivity contribution in [3.8, 4) is 5.82 Å². The van der Waals surface area contributed by atoms with E-state index in [9.17, 15) is 18.0 Å². The van der Waals surface area contributed by atoms with Gasteiger partial charge in [0, 0.05) is 43.6 Å². The third-order valence-corrected chi connectivity index (χ3v) is 5.75. The van der Waals surface area contributed by atoms with Crippen LogP contribution in [0.5, 0.6) is 0 Å². The van der Waals surface area contributed by atoms with Crippen LogP contribution in [0.2, 0.25) is 0 Å². The first-order valence-corrected chi connectivity index (χ1v) is 10.3. The molecule has 4 rings (SSSR count). The summed E-state index contributed by atoms with van der Waals surface area (Å²) in [5, 5.41) is 4.41. The van der Waals surface area contributed by atoms with Gasteiger partial charge in [-0.05, 0) is 38.1 Å². The largest absolute Gasteiger partial charge is 0.468 e. The van der Waals surface area contributed by atoms with Crippen LogP contribution >= 0.6 is 0 Å². The van der Waals surface area contributed by atoms with E-state index in [1.165, 1.54) is 10.7 Å². The highest BCUT2D eigenvalue weighted by molar-refractivity contribution is 5.79. The van der Waals surface area contributed by atoms with Crippen LogP contribution in [-0.4, -0.2) is 56.7 Å². The van der Waals surface area contributed by atoms with E-state index >= 15 is 0 Å². The first kappa shape index (κ1) is 22.1. The average molecular weight is 447 g/mol. The van der Waals surface area contributed by atoms with Gasteiger partial charge in [-0.15, -0.1) is 0 Å². The molecule has 4 heterocycles. The molecule has 170 valence electrons. The van der Waals surface area contributed by atoms with Crippen molar-refractivity contribution in [1.29, 1.82) is 0 Å². The molecule has 1 amide bonds. The summed E-state index contributed by atoms with van der Waals surface area (Å²) >= 11 is 0. The highest BCUT2D eigenvalue weighted by Crippen LogP contribution is 2.29. The molecule has 32 heavy (non-hydrogen) atoms. The summed E-state index contributed by atoms with van der Waals surface area (Å²) in [6, 6.07) is 6.06. The molecule has 1 saturated heterocycles. The minimum absolute atomic E-state index is 0.00813. The molecule has 3 aromatic rings. The Labute approximate surface area is 183 Å². The number of rotatable bonds is 5. The number of furan rings is 1. The van der Waals surface area contributed by atoms with Gasteiger partial charge in [0.05, 0.1) is 30.5 Å². The van der Waals surface area contributed by atoms with Crippen LogP contribution in [0.4, 0.5) is 13.2 Å². The number of hydrogen-bond acceptors (Lipinski definition) is 5. The van der Waals surface area contributed by atoms with Crippen LogP contribution in [0.1, 0.15) is 28.3 Å². The quantitative estimate of drug-likeness (QED) is 0.600. The molecule has 0 unspecified atom stereocenters. The molecule has 7 nitrogen and oxygen atoms in total. The normalized spacial score (nSPS) is 15.3. The smallest absolute Gasteiger partial charge is 0.417 e. The van der Waals surface area contributed by atoms with Crippen molar-refractivity contribution in [2.45, 2.75) is 33.0 Å². The van der Waals surface area contributed by atoms with Gasteiger partial charge in [0.1, 0.15) is 5.76 Å². The highest BCUT2D eigenvalue weighted by atomic mass is 19.4. The Bertz CT molecular complexity index is 1070. The summed E-state index contributed by atoms with van der Waals surface area (Å²) in [6.07, 6.45) is -1.81. The summed E-state index contributed by atoms with van der Waals surface area (Å²) in [6.45, 7) is 7.09. The van der Waals surface area contributed by atoms with Gasteiger partial charge in [0.2, 0.25) is 5.91 Å². The second-order valence-corrected chi connectivity index (χ2v) is 7.88. The van der Waals surface area contributed by atoms with Crippen molar-refractivity contribution in [1.82, 2.24) is 24.6 Å². The van der Waals surface area contributed by atoms with Gasteiger partial charge in [0.15, 0.2) is 5.82 Å². The lowest BCUT2D eigenvalue weighted by Crippen LogP contribution is -2.48. The van der Waals surface area contributed by atoms with Crippen molar-refractivity contribution in [2.24, 2.45) is 0 Å². The number of nitrogens with zero attached hydrogens (tertiary/aromatic N) is 5. The van der Waals surface area contributed by atoms with Crippen molar-refractivity contribution >= 4 is 5.91 Å². The maximum absolute atomic E-state index is 12.9. The number of carbonyl (C=O) groups excluding carboxylic acids is 1. The molecule has 3 aromatic heterocycles. The molecule has 0 N–H and O–H groups in total. The topological polar surface area (TPSA) is 67.4 Å². The number of aromatic nitrogens is 3. The first-order chi connectivity index (χ1) is 15.2. The maximum atomic E-state index is 12.9. The molecule has 1 aliphatic heterocycles. The number of alkyl halides is 3. The summed E-state index contributed by atoms with van der Waals surface area (Å²) < 4.78 is 45.3. The Morgan fingerprint density at radius 1 is 1.12 bits per heavy atom. The Balaban J connectivity index is 1.40. The lowest BCUT2D eigenvalue weighted by Gasteiger charge is -2.34. The Morgan fingerprint density at radius 2 is 1.88 bits per heavy atom. The molecule has 0 saturated carbocycles. The van der Waals surface area contributed by atoms with E-state index in [0.717, 1.165) is 43.2 Å². The SMILES string of the molecule is Cc1nn(-c2ccc(C(F)(F)F)cn2)c(C)c1CC(=O)N1CCN(Cc2ccco2)CC1. The third kappa shape index (κ3) is 4.69. The Kier molecular flexibility index (Phi) is 6.05. The van der Waals surface area contributed by atoms with E-state index < -0.39 is 11.7 Å². The Morgan fingerprint density at radius 3 is 2.47 bits per heavy atom. The van der Waals surface area contributed by atoms with E-state index in [1.807, 2.05) is 17.0 Å². The minimum atomic E-state index is -4.44. The van der Waals surface area contributed by atoms with E-state index in [-0.39, 0.29) is 18.1 Å². The summed E-state index contributed by atoms with van der Waals surface area (Å²) in [5.74, 6) is 1.19. The summed E-state index contributed by atoms with van der Waals surface area (Å²) in [4.78, 5) is 20.9. The standard InChI is InChI=1S/C22H24F3N5O2/c1-15-19(16(2)30(27-15)20-6-5-17(13-26-20)22(23,24)25)12-21(31)29-9-7-28(8-10-29)14-18-4-3-11-32-18/h3-6,11,13H,7-10,12,14H2,1-2H3. The van der Waals surface area contributed by atoms with E-state index in [1.54, 1.807) is 20.1 Å². The average Bonchev–Trinajstić information content (AvgIpc) is 3.37.